The summed E-state index contributed by atoms with van der Waals surface area (Å²) in [6.45, 7) is 0.793. The summed E-state index contributed by atoms with van der Waals surface area (Å²) in [4.78, 5) is 28.4. The zero-order valence-corrected chi connectivity index (χ0v) is 17.4. The van der Waals surface area contributed by atoms with Crippen LogP contribution in [-0.2, 0) is 17.8 Å². The van der Waals surface area contributed by atoms with Crippen molar-refractivity contribution in [3.8, 4) is 5.75 Å². The smallest absolute Gasteiger partial charge is 0.251 e. The molecule has 0 unspecified atom stereocenters. The van der Waals surface area contributed by atoms with Gasteiger partial charge in [-0.15, -0.1) is 5.10 Å². The van der Waals surface area contributed by atoms with E-state index in [1.54, 1.807) is 31.4 Å². The quantitative estimate of drug-likeness (QED) is 0.430. The van der Waals surface area contributed by atoms with Gasteiger partial charge in [0.1, 0.15) is 11.6 Å². The van der Waals surface area contributed by atoms with E-state index in [1.807, 2.05) is 30.3 Å². The zero-order chi connectivity index (χ0) is 21.2. The maximum atomic E-state index is 12.2. The minimum absolute atomic E-state index is 0.0740. The lowest BCUT2D eigenvalue weighted by Gasteiger charge is -2.04. The highest BCUT2D eigenvalue weighted by Gasteiger charge is 2.10. The molecule has 2 amide bonds. The minimum atomic E-state index is -0.221. The van der Waals surface area contributed by atoms with Crippen molar-refractivity contribution in [3.63, 3.8) is 0 Å². The summed E-state index contributed by atoms with van der Waals surface area (Å²) < 4.78 is 5.08. The van der Waals surface area contributed by atoms with E-state index in [0.717, 1.165) is 6.42 Å². The molecule has 2 aromatic carbocycles. The SMILES string of the molecule is COc1ccc(C(=O)NCc2nc(SCC(=O)NCCc3ccccc3)n[nH]2)cc1. The van der Waals surface area contributed by atoms with Crippen molar-refractivity contribution in [2.45, 2.75) is 18.1 Å². The number of hydrogen-bond acceptors (Lipinski definition) is 6. The molecule has 9 heteroatoms. The van der Waals surface area contributed by atoms with Crippen LogP contribution in [0, 0.1) is 0 Å². The Bertz CT molecular complexity index is 960. The summed E-state index contributed by atoms with van der Waals surface area (Å²) in [5.74, 6) is 1.14. The molecule has 0 atom stereocenters. The van der Waals surface area contributed by atoms with Crippen LogP contribution in [0.25, 0.3) is 0 Å². The first-order valence-electron chi connectivity index (χ1n) is 9.41. The van der Waals surface area contributed by atoms with Crippen LogP contribution < -0.4 is 15.4 Å². The Kier molecular flexibility index (Phi) is 7.85. The Morgan fingerprint density at radius 2 is 1.83 bits per heavy atom. The molecular weight excluding hydrogens is 402 g/mol. The first-order valence-corrected chi connectivity index (χ1v) is 10.4. The predicted molar refractivity (Wildman–Crippen MR) is 114 cm³/mol. The number of H-pyrrole nitrogens is 1. The van der Waals surface area contributed by atoms with Gasteiger partial charge in [0.25, 0.3) is 5.91 Å². The molecule has 30 heavy (non-hydrogen) atoms. The molecule has 1 aromatic heterocycles. The Labute approximate surface area is 178 Å². The number of nitrogens with zero attached hydrogens (tertiary/aromatic N) is 2. The van der Waals surface area contributed by atoms with Crippen LogP contribution in [0.3, 0.4) is 0 Å². The third kappa shape index (κ3) is 6.63. The molecule has 0 bridgehead atoms. The summed E-state index contributed by atoms with van der Waals surface area (Å²) in [5.41, 5.74) is 1.71. The van der Waals surface area contributed by atoms with Crippen molar-refractivity contribution < 1.29 is 14.3 Å². The lowest BCUT2D eigenvalue weighted by atomic mass is 10.1. The molecule has 156 valence electrons. The minimum Gasteiger partial charge on any atom is -0.497 e. The number of methoxy groups -OCH3 is 1. The highest BCUT2D eigenvalue weighted by molar-refractivity contribution is 7.99. The number of nitrogens with one attached hydrogen (secondary N) is 3. The van der Waals surface area contributed by atoms with Gasteiger partial charge in [0, 0.05) is 12.1 Å². The van der Waals surface area contributed by atoms with Crippen molar-refractivity contribution in [2.24, 2.45) is 0 Å². The molecule has 0 saturated carbocycles. The number of thioether (sulfide) groups is 1. The van der Waals surface area contributed by atoms with Crippen LogP contribution >= 0.6 is 11.8 Å². The second-order valence-corrected chi connectivity index (χ2v) is 7.29. The van der Waals surface area contributed by atoms with Crippen molar-refractivity contribution in [1.82, 2.24) is 25.8 Å². The fraction of sp³-hybridized carbons (Fsp3) is 0.238. The highest BCUT2D eigenvalue weighted by Crippen LogP contribution is 2.13. The summed E-state index contributed by atoms with van der Waals surface area (Å²) >= 11 is 1.24. The van der Waals surface area contributed by atoms with E-state index in [1.165, 1.54) is 17.3 Å². The molecular formula is C21H23N5O3S. The van der Waals surface area contributed by atoms with Crippen LogP contribution in [0.2, 0.25) is 0 Å². The van der Waals surface area contributed by atoms with Crippen molar-refractivity contribution >= 4 is 23.6 Å². The molecule has 3 aromatic rings. The summed E-state index contributed by atoms with van der Waals surface area (Å²) in [6, 6.07) is 16.8. The molecule has 3 rings (SSSR count). The number of ether oxygens (including phenoxy) is 1. The maximum Gasteiger partial charge on any atom is 0.251 e. The van der Waals surface area contributed by atoms with E-state index < -0.39 is 0 Å². The summed E-state index contributed by atoms with van der Waals surface area (Å²) in [7, 11) is 1.57. The first-order chi connectivity index (χ1) is 14.6. The molecule has 0 aliphatic rings. The molecule has 1 heterocycles. The van der Waals surface area contributed by atoms with Crippen molar-refractivity contribution in [1.29, 1.82) is 0 Å². The Balaban J connectivity index is 1.37. The fourth-order valence-corrected chi connectivity index (χ4v) is 3.25. The molecule has 0 saturated heterocycles. The van der Waals surface area contributed by atoms with Gasteiger partial charge in [-0.1, -0.05) is 42.1 Å². The van der Waals surface area contributed by atoms with Gasteiger partial charge in [-0.3, -0.25) is 14.7 Å². The second kappa shape index (κ2) is 11.0. The van der Waals surface area contributed by atoms with Gasteiger partial charge in [0.05, 0.1) is 19.4 Å². The number of aromatic amines is 1. The van der Waals surface area contributed by atoms with Crippen molar-refractivity contribution in [2.75, 3.05) is 19.4 Å². The molecule has 0 aliphatic carbocycles. The van der Waals surface area contributed by atoms with Crippen LogP contribution in [0.15, 0.2) is 59.8 Å². The van der Waals surface area contributed by atoms with E-state index in [2.05, 4.69) is 25.8 Å². The lowest BCUT2D eigenvalue weighted by molar-refractivity contribution is -0.118. The number of benzene rings is 2. The Morgan fingerprint density at radius 3 is 2.57 bits per heavy atom. The number of carbonyl (C=O) groups excluding carboxylic acids is 2. The van der Waals surface area contributed by atoms with E-state index >= 15 is 0 Å². The fourth-order valence-electron chi connectivity index (χ4n) is 2.60. The number of carbonyl (C=O) groups is 2. The highest BCUT2D eigenvalue weighted by atomic mass is 32.2. The third-order valence-corrected chi connectivity index (χ3v) is 5.04. The van der Waals surface area contributed by atoms with E-state index in [0.29, 0.717) is 28.8 Å². The molecule has 8 nitrogen and oxygen atoms in total. The number of hydrogen-bond donors (Lipinski definition) is 3. The third-order valence-electron chi connectivity index (χ3n) is 4.19. The molecule has 0 aliphatic heterocycles. The maximum absolute atomic E-state index is 12.2. The van der Waals surface area contributed by atoms with Gasteiger partial charge in [0.15, 0.2) is 0 Å². The topological polar surface area (TPSA) is 109 Å². The van der Waals surface area contributed by atoms with Gasteiger partial charge < -0.3 is 15.4 Å². The zero-order valence-electron chi connectivity index (χ0n) is 16.6. The lowest BCUT2D eigenvalue weighted by Crippen LogP contribution is -2.27. The summed E-state index contributed by atoms with van der Waals surface area (Å²) in [6.07, 6.45) is 0.788. The van der Waals surface area contributed by atoms with Crippen LogP contribution in [0.4, 0.5) is 0 Å². The average Bonchev–Trinajstić information content (AvgIpc) is 3.25. The largest absolute Gasteiger partial charge is 0.497 e. The Hall–Kier alpha value is -3.33. The number of amides is 2. The normalized spacial score (nSPS) is 10.4. The summed E-state index contributed by atoms with van der Waals surface area (Å²) in [5, 5.41) is 13.0. The number of aromatic nitrogens is 3. The van der Waals surface area contributed by atoms with Gasteiger partial charge in [-0.05, 0) is 36.2 Å². The molecule has 0 radical (unpaired) electrons. The van der Waals surface area contributed by atoms with Crippen LogP contribution in [0.1, 0.15) is 21.7 Å². The van der Waals surface area contributed by atoms with Gasteiger partial charge in [-0.25, -0.2) is 4.98 Å². The standard InChI is InChI=1S/C21H23N5O3S/c1-29-17-9-7-16(8-10-17)20(28)23-13-18-24-21(26-25-18)30-14-19(27)22-12-11-15-5-3-2-4-6-15/h2-10H,11-14H2,1H3,(H,22,27)(H,23,28)(H,24,25,26). The van der Waals surface area contributed by atoms with E-state index in [-0.39, 0.29) is 24.1 Å². The molecule has 3 N–H and O–H groups in total. The van der Waals surface area contributed by atoms with E-state index in [9.17, 15) is 9.59 Å². The average molecular weight is 426 g/mol. The predicted octanol–water partition coefficient (Wildman–Crippen LogP) is 2.19. The first kappa shape index (κ1) is 21.4. The van der Waals surface area contributed by atoms with Gasteiger partial charge in [-0.2, -0.15) is 0 Å². The number of rotatable bonds is 10. The van der Waals surface area contributed by atoms with Crippen LogP contribution in [-0.4, -0.2) is 46.4 Å². The monoisotopic (exact) mass is 425 g/mol. The van der Waals surface area contributed by atoms with Gasteiger partial charge in [0.2, 0.25) is 11.1 Å². The molecule has 0 fully saturated rings. The van der Waals surface area contributed by atoms with Crippen LogP contribution in [0.5, 0.6) is 5.75 Å². The van der Waals surface area contributed by atoms with Gasteiger partial charge >= 0.3 is 0 Å². The second-order valence-electron chi connectivity index (χ2n) is 6.35. The molecule has 0 spiro atoms. The Morgan fingerprint density at radius 1 is 1.07 bits per heavy atom. The van der Waals surface area contributed by atoms with E-state index in [4.69, 9.17) is 4.74 Å². The van der Waals surface area contributed by atoms with Crippen molar-refractivity contribution in [3.05, 3.63) is 71.5 Å².